The Hall–Kier alpha value is -1.93. The lowest BCUT2D eigenvalue weighted by molar-refractivity contribution is -0.118. The highest BCUT2D eigenvalue weighted by Gasteiger charge is 2.27. The van der Waals surface area contributed by atoms with E-state index >= 15 is 0 Å². The molecule has 25 heavy (non-hydrogen) atoms. The molecule has 0 bridgehead atoms. The van der Waals surface area contributed by atoms with Gasteiger partial charge in [-0.2, -0.15) is 0 Å². The molecule has 2 N–H and O–H groups in total. The Morgan fingerprint density at radius 3 is 2.56 bits per heavy atom. The van der Waals surface area contributed by atoms with E-state index in [4.69, 9.17) is 0 Å². The lowest BCUT2D eigenvalue weighted by Crippen LogP contribution is -2.23. The van der Waals surface area contributed by atoms with Crippen molar-refractivity contribution in [2.75, 3.05) is 10.0 Å². The first-order chi connectivity index (χ1) is 12.1. The Morgan fingerprint density at radius 2 is 1.96 bits per heavy atom. The van der Waals surface area contributed by atoms with Crippen LogP contribution in [0.15, 0.2) is 35.8 Å². The van der Waals surface area contributed by atoms with Crippen LogP contribution < -0.4 is 10.0 Å². The molecule has 1 amide bonds. The van der Waals surface area contributed by atoms with Gasteiger partial charge in [-0.3, -0.25) is 9.52 Å². The lowest BCUT2D eigenvalue weighted by Gasteiger charge is -2.20. The molecular formula is C17H21N3O3S2. The van der Waals surface area contributed by atoms with Crippen LogP contribution in [-0.2, 0) is 15.7 Å². The number of nitrogens with zero attached hydrogens (tertiary/aromatic N) is 1. The summed E-state index contributed by atoms with van der Waals surface area (Å²) in [7, 11) is -2.69. The van der Waals surface area contributed by atoms with Gasteiger partial charge in [-0.1, -0.05) is 37.8 Å². The number of thiol groups is 1. The molecule has 8 heteroatoms. The average Bonchev–Trinajstić information content (AvgIpc) is 3.26. The van der Waals surface area contributed by atoms with Gasteiger partial charge in [0.25, 0.3) is 0 Å². The smallest absolute Gasteiger partial charge is 0.233 e. The number of nitrogens with one attached hydrogen (secondary N) is 2. The van der Waals surface area contributed by atoms with E-state index in [2.05, 4.69) is 15.0 Å². The monoisotopic (exact) mass is 379 g/mol. The Labute approximate surface area is 152 Å². The van der Waals surface area contributed by atoms with E-state index in [1.54, 1.807) is 18.3 Å². The molecule has 134 valence electrons. The van der Waals surface area contributed by atoms with E-state index in [1.165, 1.54) is 24.2 Å². The minimum Gasteiger partial charge on any atom is -0.301 e. The molecule has 1 fully saturated rings. The number of aromatic nitrogens is 1. The van der Waals surface area contributed by atoms with Gasteiger partial charge in [0.1, 0.15) is 0 Å². The molecule has 1 aliphatic rings. The molecule has 1 aromatic heterocycles. The average molecular weight is 380 g/mol. The molecule has 1 unspecified atom stereocenters. The fourth-order valence-corrected chi connectivity index (χ4v) is 4.24. The number of carbonyl (C=O) groups excluding carboxylic acids is 1. The van der Waals surface area contributed by atoms with Crippen molar-refractivity contribution in [3.63, 3.8) is 0 Å². The Bertz CT molecular complexity index is 759. The first kappa shape index (κ1) is 17.9. The molecule has 0 aliphatic heterocycles. The minimum absolute atomic E-state index is 0.0579. The zero-order valence-electron chi connectivity index (χ0n) is 13.7. The number of anilines is 2. The van der Waals surface area contributed by atoms with Gasteiger partial charge in [0.05, 0.1) is 5.92 Å². The summed E-state index contributed by atoms with van der Waals surface area (Å²) in [6.07, 6.45) is 7.25. The highest BCUT2D eigenvalue weighted by atomic mass is 32.2. The topological polar surface area (TPSA) is 88.2 Å². The number of hydrogen-bond acceptors (Lipinski definition) is 5. The summed E-state index contributed by atoms with van der Waals surface area (Å²) in [5.74, 6) is 0.237. The van der Waals surface area contributed by atoms with Crippen molar-refractivity contribution in [3.05, 3.63) is 41.4 Å². The summed E-state index contributed by atoms with van der Waals surface area (Å²) in [5, 5.41) is 5.32. The molecule has 3 rings (SSSR count). The minimum atomic E-state index is -2.69. The molecule has 0 saturated heterocycles. The van der Waals surface area contributed by atoms with Crippen molar-refractivity contribution < 1.29 is 13.2 Å². The van der Waals surface area contributed by atoms with Crippen molar-refractivity contribution in [1.82, 2.24) is 4.98 Å². The molecule has 1 heterocycles. The highest BCUT2D eigenvalue weighted by molar-refractivity contribution is 7.73. The summed E-state index contributed by atoms with van der Waals surface area (Å²) < 4.78 is 23.9. The maximum Gasteiger partial charge on any atom is 0.233 e. The summed E-state index contributed by atoms with van der Waals surface area (Å²) in [6, 6.07) is 7.03. The van der Waals surface area contributed by atoms with Crippen molar-refractivity contribution in [2.24, 2.45) is 5.92 Å². The maximum atomic E-state index is 12.8. The molecular weight excluding hydrogens is 358 g/mol. The van der Waals surface area contributed by atoms with Crippen LogP contribution >= 0.6 is 11.3 Å². The summed E-state index contributed by atoms with van der Waals surface area (Å²) in [4.78, 5) is 16.9. The van der Waals surface area contributed by atoms with E-state index < -0.39 is 10.9 Å². The first-order valence-corrected chi connectivity index (χ1v) is 10.4. The van der Waals surface area contributed by atoms with Gasteiger partial charge in [-0.05, 0) is 30.0 Å². The predicted octanol–water partition coefficient (Wildman–Crippen LogP) is 3.38. The largest absolute Gasteiger partial charge is 0.301 e. The van der Waals surface area contributed by atoms with E-state index in [-0.39, 0.29) is 11.8 Å². The summed E-state index contributed by atoms with van der Waals surface area (Å²) in [5.41, 5.74) is 1.40. The fourth-order valence-electron chi connectivity index (χ4n) is 3.35. The second kappa shape index (κ2) is 8.44. The van der Waals surface area contributed by atoms with E-state index in [9.17, 15) is 13.2 Å². The third-order valence-corrected chi connectivity index (χ3v) is 5.69. The zero-order valence-corrected chi connectivity index (χ0v) is 15.4. The van der Waals surface area contributed by atoms with E-state index in [0.29, 0.717) is 16.7 Å². The molecule has 6 nitrogen and oxygen atoms in total. The van der Waals surface area contributed by atoms with Gasteiger partial charge in [0.2, 0.25) is 16.8 Å². The van der Waals surface area contributed by atoms with E-state index in [1.807, 2.05) is 17.5 Å². The summed E-state index contributed by atoms with van der Waals surface area (Å²) in [6.45, 7) is 0. The molecule has 1 aromatic carbocycles. The lowest BCUT2D eigenvalue weighted by atomic mass is 9.87. The molecule has 1 saturated carbocycles. The molecule has 0 radical (unpaired) electrons. The Morgan fingerprint density at radius 1 is 1.24 bits per heavy atom. The first-order valence-electron chi connectivity index (χ1n) is 8.33. The van der Waals surface area contributed by atoms with Gasteiger partial charge < -0.3 is 5.32 Å². The van der Waals surface area contributed by atoms with Crippen LogP contribution in [0.3, 0.4) is 0 Å². The number of benzene rings is 1. The van der Waals surface area contributed by atoms with Crippen LogP contribution in [0.25, 0.3) is 0 Å². The molecule has 2 aromatic rings. The quantitative estimate of drug-likeness (QED) is 0.644. The molecule has 1 atom stereocenters. The highest BCUT2D eigenvalue weighted by Crippen LogP contribution is 2.35. The van der Waals surface area contributed by atoms with Gasteiger partial charge >= 0.3 is 0 Å². The third kappa shape index (κ3) is 5.02. The van der Waals surface area contributed by atoms with Crippen LogP contribution in [0.5, 0.6) is 0 Å². The van der Waals surface area contributed by atoms with Gasteiger partial charge in [0.15, 0.2) is 5.13 Å². The summed E-state index contributed by atoms with van der Waals surface area (Å²) >= 11 is 1.40. The number of thiazole rings is 1. The van der Waals surface area contributed by atoms with E-state index in [0.717, 1.165) is 24.8 Å². The van der Waals surface area contributed by atoms with Crippen LogP contribution in [0.1, 0.15) is 43.6 Å². The van der Waals surface area contributed by atoms with Crippen molar-refractivity contribution >= 4 is 39.0 Å². The zero-order chi connectivity index (χ0) is 17.6. The van der Waals surface area contributed by atoms with Crippen molar-refractivity contribution in [2.45, 2.75) is 38.0 Å². The second-order valence-corrected chi connectivity index (χ2v) is 7.89. The third-order valence-electron chi connectivity index (χ3n) is 4.56. The van der Waals surface area contributed by atoms with Crippen molar-refractivity contribution in [3.8, 4) is 0 Å². The fraction of sp³-hybridized carbons (Fsp3) is 0.412. The van der Waals surface area contributed by atoms with Crippen LogP contribution in [0, 0.1) is 5.92 Å². The predicted molar refractivity (Wildman–Crippen MR) is 100 cm³/mol. The molecule has 1 aliphatic carbocycles. The number of hydrogen-bond donors (Lipinski definition) is 3. The van der Waals surface area contributed by atoms with Crippen LogP contribution in [0.2, 0.25) is 0 Å². The normalized spacial score (nSPS) is 16.0. The molecule has 0 spiro atoms. The Balaban J connectivity index is 1.77. The van der Waals surface area contributed by atoms with Gasteiger partial charge in [-0.15, -0.1) is 11.3 Å². The van der Waals surface area contributed by atoms with Crippen LogP contribution in [-0.4, -0.2) is 19.3 Å². The maximum absolute atomic E-state index is 12.8. The van der Waals surface area contributed by atoms with Gasteiger partial charge in [0, 0.05) is 17.3 Å². The number of carbonyl (C=O) groups is 1. The Kier molecular flexibility index (Phi) is 6.04. The van der Waals surface area contributed by atoms with Crippen molar-refractivity contribution in [1.29, 1.82) is 0 Å². The van der Waals surface area contributed by atoms with Crippen LogP contribution in [0.4, 0.5) is 10.8 Å². The SMILES string of the molecule is O=C(Nc1nccs1)C(CC1CCCC1)c1ccc(N[SH](=O)=O)cc1. The number of amides is 1. The second-order valence-electron chi connectivity index (χ2n) is 6.26. The standard InChI is InChI=1S/C17H21N3O3S2/c21-16(19-17-18-9-10-24-17)15(11-12-3-1-2-4-12)13-5-7-14(8-6-13)20-25(22)23/h5-10,12,15,25H,1-4,11H2,(H,18,19,21)(H,20,22,23). The van der Waals surface area contributed by atoms with Gasteiger partial charge in [-0.25, -0.2) is 13.4 Å². The number of rotatable bonds is 7.